The molecule has 2 N–H and O–H groups in total. The number of carbonyl (C=O) groups is 1. The highest BCUT2D eigenvalue weighted by molar-refractivity contribution is 7.82. The lowest BCUT2D eigenvalue weighted by atomic mass is 10.2. The first-order valence-electron chi connectivity index (χ1n) is 9.84. The molecule has 0 unspecified atom stereocenters. The van der Waals surface area contributed by atoms with E-state index in [0.29, 0.717) is 29.5 Å². The van der Waals surface area contributed by atoms with Crippen molar-refractivity contribution in [3.8, 4) is 23.0 Å². The number of benzene rings is 3. The average Bonchev–Trinajstić information content (AvgIpc) is 2.81. The van der Waals surface area contributed by atoms with Crippen molar-refractivity contribution < 1.29 is 23.9 Å². The quantitative estimate of drug-likeness (QED) is 0.265. The van der Waals surface area contributed by atoms with Crippen molar-refractivity contribution in [2.45, 2.75) is 6.92 Å². The van der Waals surface area contributed by atoms with Crippen LogP contribution in [0.25, 0.3) is 0 Å². The zero-order valence-electron chi connectivity index (χ0n) is 17.9. The Morgan fingerprint density at radius 2 is 1.55 bits per heavy atom. The van der Waals surface area contributed by atoms with Gasteiger partial charge in [0.05, 0.1) is 30.4 Å². The second kappa shape index (κ2) is 10.9. The molecule has 0 saturated heterocycles. The Balaban J connectivity index is 1.73. The monoisotopic (exact) mass is 467 g/mol. The molecule has 3 aromatic rings. The molecule has 0 bridgehead atoms. The number of carbonyl (C=O) groups excluding carboxylic acids is 1. The molecular weight excluding hydrogens is 446 g/mol. The van der Waals surface area contributed by atoms with Gasteiger partial charge in [-0.15, -0.1) is 0 Å². The van der Waals surface area contributed by atoms with Crippen LogP contribution in [0, 0.1) is 10.1 Å². The van der Waals surface area contributed by atoms with E-state index in [1.165, 1.54) is 18.2 Å². The molecule has 10 heteroatoms. The van der Waals surface area contributed by atoms with Crippen molar-refractivity contribution in [1.82, 2.24) is 0 Å². The van der Waals surface area contributed by atoms with Crippen molar-refractivity contribution in [3.05, 3.63) is 76.8 Å². The SMILES string of the molecule is CCOc1ccc(Oc2cc(NC(=O)C(=S)Nc3ccc(OC)cc3)cc([N+](=O)[O-])c2)cc1. The third-order valence-corrected chi connectivity index (χ3v) is 4.57. The van der Waals surface area contributed by atoms with Crippen LogP contribution in [-0.4, -0.2) is 29.5 Å². The van der Waals surface area contributed by atoms with Gasteiger partial charge in [-0.05, 0) is 55.5 Å². The number of methoxy groups -OCH3 is 1. The molecule has 3 rings (SSSR count). The highest BCUT2D eigenvalue weighted by atomic mass is 32.1. The predicted octanol–water partition coefficient (Wildman–Crippen LogP) is 5.17. The number of nitrogens with one attached hydrogen (secondary N) is 2. The lowest BCUT2D eigenvalue weighted by molar-refractivity contribution is -0.384. The van der Waals surface area contributed by atoms with Gasteiger partial charge in [0.25, 0.3) is 11.6 Å². The number of amides is 1. The molecule has 1 amide bonds. The van der Waals surface area contributed by atoms with Crippen molar-refractivity contribution in [2.75, 3.05) is 24.4 Å². The average molecular weight is 468 g/mol. The van der Waals surface area contributed by atoms with E-state index in [1.54, 1.807) is 55.6 Å². The maximum atomic E-state index is 12.5. The van der Waals surface area contributed by atoms with Crippen molar-refractivity contribution in [3.63, 3.8) is 0 Å². The first kappa shape index (κ1) is 23.5. The summed E-state index contributed by atoms with van der Waals surface area (Å²) in [5, 5.41) is 16.7. The Morgan fingerprint density at radius 3 is 2.15 bits per heavy atom. The van der Waals surface area contributed by atoms with E-state index in [0.717, 1.165) is 0 Å². The van der Waals surface area contributed by atoms with E-state index < -0.39 is 10.8 Å². The lowest BCUT2D eigenvalue weighted by Crippen LogP contribution is -2.27. The molecular formula is C23H21N3O6S. The van der Waals surface area contributed by atoms with Crippen LogP contribution >= 0.6 is 12.2 Å². The number of nitro groups is 1. The molecule has 0 aliphatic carbocycles. The summed E-state index contributed by atoms with van der Waals surface area (Å²) in [5.41, 5.74) is 0.506. The van der Waals surface area contributed by atoms with E-state index in [-0.39, 0.29) is 22.1 Å². The Morgan fingerprint density at radius 1 is 0.909 bits per heavy atom. The molecule has 170 valence electrons. The van der Waals surface area contributed by atoms with Crippen LogP contribution in [0.4, 0.5) is 17.1 Å². The number of thiocarbonyl (C=S) groups is 1. The zero-order chi connectivity index (χ0) is 23.8. The minimum absolute atomic E-state index is 0.111. The first-order valence-corrected chi connectivity index (χ1v) is 10.3. The summed E-state index contributed by atoms with van der Waals surface area (Å²) in [6.07, 6.45) is 0. The van der Waals surface area contributed by atoms with E-state index in [9.17, 15) is 14.9 Å². The zero-order valence-corrected chi connectivity index (χ0v) is 18.7. The minimum atomic E-state index is -0.631. The van der Waals surface area contributed by atoms with Gasteiger partial charge in [0.15, 0.2) is 4.99 Å². The van der Waals surface area contributed by atoms with Gasteiger partial charge in [-0.1, -0.05) is 12.2 Å². The number of hydrogen-bond donors (Lipinski definition) is 2. The van der Waals surface area contributed by atoms with Crippen LogP contribution in [-0.2, 0) is 4.79 Å². The third-order valence-electron chi connectivity index (χ3n) is 4.28. The van der Waals surface area contributed by atoms with Crippen LogP contribution in [0.2, 0.25) is 0 Å². The fourth-order valence-electron chi connectivity index (χ4n) is 2.78. The molecule has 3 aromatic carbocycles. The van der Waals surface area contributed by atoms with Gasteiger partial charge >= 0.3 is 0 Å². The summed E-state index contributed by atoms with van der Waals surface area (Å²) >= 11 is 5.14. The van der Waals surface area contributed by atoms with Crippen molar-refractivity contribution in [2.24, 2.45) is 0 Å². The number of nitrogens with zero attached hydrogens (tertiary/aromatic N) is 1. The number of nitro benzene ring substituents is 1. The largest absolute Gasteiger partial charge is 0.497 e. The number of rotatable bonds is 8. The maximum Gasteiger partial charge on any atom is 0.283 e. The van der Waals surface area contributed by atoms with E-state index in [2.05, 4.69) is 10.6 Å². The van der Waals surface area contributed by atoms with Gasteiger partial charge in [-0.3, -0.25) is 14.9 Å². The maximum absolute atomic E-state index is 12.5. The van der Waals surface area contributed by atoms with Gasteiger partial charge in [-0.25, -0.2) is 0 Å². The second-order valence-electron chi connectivity index (χ2n) is 6.62. The standard InChI is InChI=1S/C23H21N3O6S/c1-3-31-19-8-10-20(11-9-19)32-21-13-16(12-17(14-21)26(28)29)24-22(27)23(33)25-15-4-6-18(30-2)7-5-15/h4-14H,3H2,1-2H3,(H,24,27)(H,25,33). The Hall–Kier alpha value is -4.18. The van der Waals surface area contributed by atoms with E-state index in [1.807, 2.05) is 6.92 Å². The number of anilines is 2. The molecule has 9 nitrogen and oxygen atoms in total. The summed E-state index contributed by atoms with van der Waals surface area (Å²) in [4.78, 5) is 23.2. The smallest absolute Gasteiger partial charge is 0.283 e. The highest BCUT2D eigenvalue weighted by Crippen LogP contribution is 2.30. The fraction of sp³-hybridized carbons (Fsp3) is 0.130. The van der Waals surface area contributed by atoms with Gasteiger partial charge in [0.2, 0.25) is 0 Å². The number of ether oxygens (including phenoxy) is 3. The Labute approximate surface area is 195 Å². The molecule has 0 aromatic heterocycles. The highest BCUT2D eigenvalue weighted by Gasteiger charge is 2.15. The summed E-state index contributed by atoms with van der Waals surface area (Å²) in [5.74, 6) is 1.33. The summed E-state index contributed by atoms with van der Waals surface area (Å²) < 4.78 is 16.2. The first-order chi connectivity index (χ1) is 15.9. The molecule has 0 aliphatic rings. The number of hydrogen-bond acceptors (Lipinski definition) is 7. The van der Waals surface area contributed by atoms with Crippen LogP contribution in [0.15, 0.2) is 66.7 Å². The van der Waals surface area contributed by atoms with Crippen LogP contribution in [0.5, 0.6) is 23.0 Å². The Bertz CT molecular complexity index is 1150. The van der Waals surface area contributed by atoms with Gasteiger partial charge < -0.3 is 24.8 Å². The third kappa shape index (κ3) is 6.65. The topological polar surface area (TPSA) is 112 Å². The van der Waals surface area contributed by atoms with Crippen molar-refractivity contribution in [1.29, 1.82) is 0 Å². The normalized spacial score (nSPS) is 10.1. The summed E-state index contributed by atoms with van der Waals surface area (Å²) in [6, 6.07) is 17.6. The molecule has 0 spiro atoms. The summed E-state index contributed by atoms with van der Waals surface area (Å²) in [7, 11) is 1.55. The molecule has 0 fully saturated rings. The molecule has 0 radical (unpaired) electrons. The molecule has 0 saturated carbocycles. The second-order valence-corrected chi connectivity index (χ2v) is 7.02. The lowest BCUT2D eigenvalue weighted by Gasteiger charge is -2.11. The van der Waals surface area contributed by atoms with Gasteiger partial charge in [0, 0.05) is 17.8 Å². The molecule has 0 heterocycles. The van der Waals surface area contributed by atoms with Crippen LogP contribution < -0.4 is 24.8 Å². The van der Waals surface area contributed by atoms with E-state index >= 15 is 0 Å². The van der Waals surface area contributed by atoms with Crippen molar-refractivity contribution >= 4 is 40.2 Å². The molecule has 0 atom stereocenters. The fourth-order valence-corrected chi connectivity index (χ4v) is 2.95. The summed E-state index contributed by atoms with van der Waals surface area (Å²) in [6.45, 7) is 2.41. The Kier molecular flexibility index (Phi) is 7.77. The molecule has 0 aliphatic heterocycles. The molecule has 33 heavy (non-hydrogen) atoms. The van der Waals surface area contributed by atoms with Gasteiger partial charge in [-0.2, -0.15) is 0 Å². The number of non-ortho nitro benzene ring substituents is 1. The van der Waals surface area contributed by atoms with Crippen LogP contribution in [0.3, 0.4) is 0 Å². The van der Waals surface area contributed by atoms with Gasteiger partial charge in [0.1, 0.15) is 23.0 Å². The van der Waals surface area contributed by atoms with Crippen LogP contribution in [0.1, 0.15) is 6.92 Å². The predicted molar refractivity (Wildman–Crippen MR) is 129 cm³/mol. The van der Waals surface area contributed by atoms with E-state index in [4.69, 9.17) is 26.4 Å². The minimum Gasteiger partial charge on any atom is -0.497 e.